The van der Waals surface area contributed by atoms with E-state index in [9.17, 15) is 4.39 Å². The highest BCUT2D eigenvalue weighted by Gasteiger charge is 2.17. The summed E-state index contributed by atoms with van der Waals surface area (Å²) in [4.78, 5) is 9.15. The van der Waals surface area contributed by atoms with Crippen LogP contribution < -0.4 is 5.32 Å². The van der Waals surface area contributed by atoms with Gasteiger partial charge in [0, 0.05) is 23.0 Å². The number of fused-ring (bicyclic) bond motifs is 1. The molecule has 1 aromatic carbocycles. The number of anilines is 1. The minimum Gasteiger partial charge on any atom is -0.362 e. The molecule has 5 nitrogen and oxygen atoms in total. The lowest BCUT2D eigenvalue weighted by atomic mass is 10.1. The van der Waals surface area contributed by atoms with Crippen molar-refractivity contribution in [3.05, 3.63) is 77.6 Å². The number of hydrogen-bond donors (Lipinski definition) is 1. The Morgan fingerprint density at radius 3 is 2.56 bits per heavy atom. The molecule has 0 spiro atoms. The Labute approximate surface area is 156 Å². The van der Waals surface area contributed by atoms with E-state index in [1.165, 1.54) is 12.1 Å². The monoisotopic (exact) mass is 361 g/mol. The number of aryl methyl sites for hydroxylation is 1. The maximum absolute atomic E-state index is 13.3. The maximum atomic E-state index is 13.3. The molecule has 3 aromatic heterocycles. The second-order valence-electron chi connectivity index (χ2n) is 6.59. The van der Waals surface area contributed by atoms with Crippen molar-refractivity contribution in [1.29, 1.82) is 0 Å². The minimum atomic E-state index is -0.262. The van der Waals surface area contributed by atoms with Gasteiger partial charge in [-0.1, -0.05) is 18.2 Å². The molecule has 1 unspecified atom stereocenters. The van der Waals surface area contributed by atoms with Gasteiger partial charge in [-0.3, -0.25) is 4.98 Å². The van der Waals surface area contributed by atoms with Crippen molar-refractivity contribution in [2.45, 2.75) is 26.8 Å². The van der Waals surface area contributed by atoms with Gasteiger partial charge in [0.15, 0.2) is 5.65 Å². The second-order valence-corrected chi connectivity index (χ2v) is 6.59. The lowest BCUT2D eigenvalue weighted by molar-refractivity contribution is 0.628. The van der Waals surface area contributed by atoms with Crippen molar-refractivity contribution in [1.82, 2.24) is 19.6 Å². The Kier molecular flexibility index (Phi) is 4.32. The Morgan fingerprint density at radius 2 is 1.85 bits per heavy atom. The number of nitrogens with one attached hydrogen (secondary N) is 1. The molecule has 136 valence electrons. The first kappa shape index (κ1) is 17.1. The Balaban J connectivity index is 1.81. The number of halogens is 1. The SMILES string of the molecule is Cc1nc2c(-c3ccc(F)cc3)cnn2c(NC(C)c2ccccn2)c1C. The van der Waals surface area contributed by atoms with E-state index in [1.54, 1.807) is 29.0 Å². The molecule has 0 bridgehead atoms. The first-order valence-electron chi connectivity index (χ1n) is 8.83. The summed E-state index contributed by atoms with van der Waals surface area (Å²) in [5.74, 6) is 0.616. The first-order chi connectivity index (χ1) is 13.0. The summed E-state index contributed by atoms with van der Waals surface area (Å²) in [6.07, 6.45) is 3.55. The molecule has 0 amide bonds. The predicted molar refractivity (Wildman–Crippen MR) is 104 cm³/mol. The fourth-order valence-corrected chi connectivity index (χ4v) is 3.10. The van der Waals surface area contributed by atoms with Gasteiger partial charge in [0.25, 0.3) is 0 Å². The number of nitrogens with zero attached hydrogens (tertiary/aromatic N) is 4. The molecule has 3 heterocycles. The van der Waals surface area contributed by atoms with Crippen LogP contribution in [0.3, 0.4) is 0 Å². The summed E-state index contributed by atoms with van der Waals surface area (Å²) in [5, 5.41) is 8.07. The van der Waals surface area contributed by atoms with Crippen molar-refractivity contribution in [3.8, 4) is 11.1 Å². The van der Waals surface area contributed by atoms with Crippen LogP contribution in [0.4, 0.5) is 10.2 Å². The van der Waals surface area contributed by atoms with E-state index in [-0.39, 0.29) is 11.9 Å². The van der Waals surface area contributed by atoms with Crippen LogP contribution in [0.2, 0.25) is 0 Å². The molecule has 0 aliphatic carbocycles. The summed E-state index contributed by atoms with van der Waals surface area (Å²) >= 11 is 0. The van der Waals surface area contributed by atoms with Crippen molar-refractivity contribution in [2.75, 3.05) is 5.32 Å². The summed E-state index contributed by atoms with van der Waals surface area (Å²) in [6, 6.07) is 12.3. The molecule has 1 atom stereocenters. The van der Waals surface area contributed by atoms with Crippen LogP contribution in [0.5, 0.6) is 0 Å². The highest BCUT2D eigenvalue weighted by Crippen LogP contribution is 2.29. The van der Waals surface area contributed by atoms with Gasteiger partial charge in [-0.15, -0.1) is 0 Å². The summed E-state index contributed by atoms with van der Waals surface area (Å²) in [7, 11) is 0. The van der Waals surface area contributed by atoms with Crippen LogP contribution >= 0.6 is 0 Å². The third kappa shape index (κ3) is 3.14. The van der Waals surface area contributed by atoms with E-state index in [0.29, 0.717) is 0 Å². The van der Waals surface area contributed by atoms with Crippen LogP contribution in [0.1, 0.15) is 29.9 Å². The minimum absolute atomic E-state index is 0.00775. The van der Waals surface area contributed by atoms with Crippen molar-refractivity contribution in [2.24, 2.45) is 0 Å². The second kappa shape index (κ2) is 6.79. The third-order valence-corrected chi connectivity index (χ3v) is 4.77. The third-order valence-electron chi connectivity index (χ3n) is 4.77. The zero-order valence-electron chi connectivity index (χ0n) is 15.4. The number of rotatable bonds is 4. The standard InChI is InChI=1S/C21H20FN5/c1-13-14(2)25-21-18(16-7-9-17(22)10-8-16)12-24-27(21)20(13)26-15(3)19-6-4-5-11-23-19/h4-12,15,26H,1-3H3. The number of pyridine rings is 1. The molecular formula is C21H20FN5. The molecular weight excluding hydrogens is 341 g/mol. The molecule has 4 aromatic rings. The molecule has 0 aliphatic rings. The van der Waals surface area contributed by atoms with Gasteiger partial charge in [-0.25, -0.2) is 9.37 Å². The van der Waals surface area contributed by atoms with Crippen LogP contribution in [0.15, 0.2) is 54.9 Å². The number of benzene rings is 1. The van der Waals surface area contributed by atoms with Gasteiger partial charge in [0.05, 0.1) is 17.9 Å². The zero-order valence-corrected chi connectivity index (χ0v) is 15.4. The normalized spacial score (nSPS) is 12.3. The fourth-order valence-electron chi connectivity index (χ4n) is 3.10. The molecule has 4 rings (SSSR count). The quantitative estimate of drug-likeness (QED) is 0.571. The Morgan fingerprint density at radius 1 is 1.07 bits per heavy atom. The van der Waals surface area contributed by atoms with Gasteiger partial charge in [-0.2, -0.15) is 9.61 Å². The molecule has 0 radical (unpaired) electrons. The molecule has 27 heavy (non-hydrogen) atoms. The van der Waals surface area contributed by atoms with E-state index < -0.39 is 0 Å². The van der Waals surface area contributed by atoms with Crippen molar-refractivity contribution >= 4 is 11.5 Å². The Bertz CT molecular complexity index is 1090. The summed E-state index contributed by atoms with van der Waals surface area (Å²) in [5.41, 5.74) is 5.38. The van der Waals surface area contributed by atoms with Gasteiger partial charge in [0.1, 0.15) is 11.6 Å². The maximum Gasteiger partial charge on any atom is 0.165 e. The Hall–Kier alpha value is -3.28. The lowest BCUT2D eigenvalue weighted by Gasteiger charge is -2.18. The van der Waals surface area contributed by atoms with Crippen molar-refractivity contribution < 1.29 is 4.39 Å². The lowest BCUT2D eigenvalue weighted by Crippen LogP contribution is -2.14. The van der Waals surface area contributed by atoms with Crippen molar-refractivity contribution in [3.63, 3.8) is 0 Å². The molecule has 0 aliphatic heterocycles. The smallest absolute Gasteiger partial charge is 0.165 e. The first-order valence-corrected chi connectivity index (χ1v) is 8.83. The molecule has 1 N–H and O–H groups in total. The van der Waals surface area contributed by atoms with Crippen LogP contribution in [-0.2, 0) is 0 Å². The summed E-state index contributed by atoms with van der Waals surface area (Å²) in [6.45, 7) is 6.07. The highest BCUT2D eigenvalue weighted by molar-refractivity contribution is 5.78. The highest BCUT2D eigenvalue weighted by atomic mass is 19.1. The number of aromatic nitrogens is 4. The molecule has 0 saturated heterocycles. The fraction of sp³-hybridized carbons (Fsp3) is 0.190. The molecule has 0 saturated carbocycles. The predicted octanol–water partition coefficient (Wildman–Crippen LogP) is 4.72. The van der Waals surface area contributed by atoms with Gasteiger partial charge in [0.2, 0.25) is 0 Å². The molecule has 0 fully saturated rings. The average Bonchev–Trinajstić information content (AvgIpc) is 3.10. The van der Waals surface area contributed by atoms with E-state index in [1.807, 2.05) is 32.0 Å². The van der Waals surface area contributed by atoms with E-state index >= 15 is 0 Å². The van der Waals surface area contributed by atoms with Gasteiger partial charge < -0.3 is 5.32 Å². The van der Waals surface area contributed by atoms with E-state index in [0.717, 1.165) is 39.5 Å². The topological polar surface area (TPSA) is 55.1 Å². The van der Waals surface area contributed by atoms with E-state index in [4.69, 9.17) is 4.98 Å². The van der Waals surface area contributed by atoms with E-state index in [2.05, 4.69) is 22.3 Å². The average molecular weight is 361 g/mol. The van der Waals surface area contributed by atoms with Crippen LogP contribution in [0, 0.1) is 19.7 Å². The summed E-state index contributed by atoms with van der Waals surface area (Å²) < 4.78 is 15.1. The number of hydrogen-bond acceptors (Lipinski definition) is 4. The molecule has 6 heteroatoms. The van der Waals surface area contributed by atoms with Crippen LogP contribution in [0.25, 0.3) is 16.8 Å². The largest absolute Gasteiger partial charge is 0.362 e. The van der Waals surface area contributed by atoms with Crippen LogP contribution in [-0.4, -0.2) is 19.6 Å². The van der Waals surface area contributed by atoms with Gasteiger partial charge in [-0.05, 0) is 50.6 Å². The van der Waals surface area contributed by atoms with Gasteiger partial charge >= 0.3 is 0 Å². The zero-order chi connectivity index (χ0) is 19.0.